The summed E-state index contributed by atoms with van der Waals surface area (Å²) in [6.07, 6.45) is 0.831. The number of guanidine groups is 1. The Morgan fingerprint density at radius 1 is 1.36 bits per heavy atom. The average Bonchev–Trinajstić information content (AvgIpc) is 3.09. The summed E-state index contributed by atoms with van der Waals surface area (Å²) in [7, 11) is 3.20. The molecule has 3 heterocycles. The summed E-state index contributed by atoms with van der Waals surface area (Å²) in [6.45, 7) is 2.52. The summed E-state index contributed by atoms with van der Waals surface area (Å²) in [4.78, 5) is 46.3. The van der Waals surface area contributed by atoms with Crippen LogP contribution in [0.15, 0.2) is 29.3 Å². The zero-order valence-electron chi connectivity index (χ0n) is 16.1. The van der Waals surface area contributed by atoms with Crippen LogP contribution in [-0.2, 0) is 9.59 Å². The van der Waals surface area contributed by atoms with Crippen LogP contribution in [0.25, 0.3) is 0 Å². The van der Waals surface area contributed by atoms with E-state index in [0.717, 1.165) is 29.3 Å². The third kappa shape index (κ3) is 2.74. The van der Waals surface area contributed by atoms with Crippen LogP contribution in [0, 0.1) is 0 Å². The van der Waals surface area contributed by atoms with E-state index in [1.165, 1.54) is 11.8 Å². The smallest absolute Gasteiger partial charge is 0.397 e. The van der Waals surface area contributed by atoms with Crippen LogP contribution in [0.1, 0.15) is 13.3 Å². The molecule has 9 heteroatoms. The minimum Gasteiger partial charge on any atom is -0.497 e. The number of likely N-dealkylation sites (N-methyl/N-ethyl adjacent to an activating group) is 1. The Morgan fingerprint density at radius 2 is 2.14 bits per heavy atom. The number of methoxy groups -OCH3 is 1. The van der Waals surface area contributed by atoms with E-state index in [2.05, 4.69) is 4.99 Å². The van der Waals surface area contributed by atoms with Crippen molar-refractivity contribution in [2.24, 2.45) is 4.99 Å². The standard InChI is InChI=1S/C19H22N5O4/c1-12(25)11-24-17(26)15-16(21(2)19(24)27)20-18-22(8-5-9-23(15)18)13-6-4-7-14(10-13)28-3/h4,6-7,10,15H,5,8-9,11H2,1-3H3/q+1. The zero-order chi connectivity index (χ0) is 20.0. The van der Waals surface area contributed by atoms with Crippen molar-refractivity contribution in [1.82, 2.24) is 9.80 Å². The van der Waals surface area contributed by atoms with E-state index in [-0.39, 0.29) is 12.3 Å². The highest BCUT2D eigenvalue weighted by Gasteiger charge is 2.54. The molecule has 0 aliphatic carbocycles. The number of amides is 3. The largest absolute Gasteiger partial charge is 0.497 e. The molecule has 1 atom stereocenters. The van der Waals surface area contributed by atoms with Crippen LogP contribution in [0.2, 0.25) is 0 Å². The number of anilines is 1. The molecule has 9 nitrogen and oxygen atoms in total. The molecule has 0 N–H and O–H groups in total. The lowest BCUT2D eigenvalue weighted by molar-refractivity contribution is -0.539. The fraction of sp³-hybridized carbons (Fsp3) is 0.421. The minimum atomic E-state index is -0.689. The predicted molar refractivity (Wildman–Crippen MR) is 102 cm³/mol. The Bertz CT molecular complexity index is 938. The summed E-state index contributed by atoms with van der Waals surface area (Å²) >= 11 is 0. The zero-order valence-corrected chi connectivity index (χ0v) is 16.1. The number of ketones is 1. The molecule has 1 aromatic rings. The second-order valence-electron chi connectivity index (χ2n) is 7.04. The molecule has 1 saturated heterocycles. The lowest BCUT2D eigenvalue weighted by Crippen LogP contribution is -2.64. The number of hydrogen-bond acceptors (Lipinski definition) is 6. The van der Waals surface area contributed by atoms with Gasteiger partial charge in [0.1, 0.15) is 17.2 Å². The van der Waals surface area contributed by atoms with E-state index in [1.54, 1.807) is 14.2 Å². The number of carbonyl (C=O) groups excluding carboxylic acids is 3. The van der Waals surface area contributed by atoms with Crippen molar-refractivity contribution < 1.29 is 23.7 Å². The molecule has 4 rings (SSSR count). The molecule has 146 valence electrons. The van der Waals surface area contributed by atoms with E-state index < -0.39 is 18.0 Å². The molecule has 28 heavy (non-hydrogen) atoms. The lowest BCUT2D eigenvalue weighted by atomic mass is 10.1. The number of urea groups is 1. The number of imide groups is 1. The topological polar surface area (TPSA) is 85.5 Å². The van der Waals surface area contributed by atoms with Gasteiger partial charge in [0.2, 0.25) is 11.9 Å². The molecule has 3 amide bonds. The van der Waals surface area contributed by atoms with Gasteiger partial charge in [-0.15, -0.1) is 0 Å². The second-order valence-corrected chi connectivity index (χ2v) is 7.04. The maximum atomic E-state index is 13.0. The number of benzene rings is 1. The number of amidine groups is 1. The monoisotopic (exact) mass is 384 g/mol. The first kappa shape index (κ1) is 18.1. The molecule has 1 fully saturated rings. The van der Waals surface area contributed by atoms with Crippen molar-refractivity contribution in [3.05, 3.63) is 24.3 Å². The summed E-state index contributed by atoms with van der Waals surface area (Å²) < 4.78 is 7.23. The number of nitrogens with zero attached hydrogens (tertiary/aromatic N) is 5. The van der Waals surface area contributed by atoms with Gasteiger partial charge in [0.15, 0.2) is 0 Å². The Kier molecular flexibility index (Phi) is 4.37. The summed E-state index contributed by atoms with van der Waals surface area (Å²) in [5.41, 5.74) is 0.907. The highest BCUT2D eigenvalue weighted by atomic mass is 16.5. The minimum absolute atomic E-state index is 0.228. The summed E-state index contributed by atoms with van der Waals surface area (Å²) in [5.74, 6) is 1.12. The van der Waals surface area contributed by atoms with Crippen molar-refractivity contribution in [3.8, 4) is 5.75 Å². The number of aliphatic imine (C=N–C) groups is 1. The molecule has 0 radical (unpaired) electrons. The maximum absolute atomic E-state index is 13.0. The van der Waals surface area contributed by atoms with Gasteiger partial charge in [-0.25, -0.2) is 14.3 Å². The normalized spacial score (nSPS) is 21.6. The fourth-order valence-electron chi connectivity index (χ4n) is 3.84. The highest BCUT2D eigenvalue weighted by molar-refractivity contribution is 6.24. The number of ether oxygens (including phenoxy) is 1. The van der Waals surface area contributed by atoms with Crippen molar-refractivity contribution in [2.45, 2.75) is 19.4 Å². The highest BCUT2D eigenvalue weighted by Crippen LogP contribution is 2.28. The average molecular weight is 384 g/mol. The number of hydrogen-bond donors (Lipinski definition) is 0. The number of carbonyl (C=O) groups is 3. The lowest BCUT2D eigenvalue weighted by Gasteiger charge is -2.34. The van der Waals surface area contributed by atoms with Gasteiger partial charge in [0, 0.05) is 19.5 Å². The molecule has 0 spiro atoms. The number of fused-ring (bicyclic) bond motifs is 2. The van der Waals surface area contributed by atoms with Gasteiger partial charge in [-0.3, -0.25) is 19.4 Å². The molecular formula is C19H22N5O4+. The molecule has 0 aromatic heterocycles. The first-order valence-electron chi connectivity index (χ1n) is 9.14. The van der Waals surface area contributed by atoms with Gasteiger partial charge in [0.05, 0.1) is 26.7 Å². The first-order valence-corrected chi connectivity index (χ1v) is 9.14. The quantitative estimate of drug-likeness (QED) is 0.708. The van der Waals surface area contributed by atoms with Gasteiger partial charge in [-0.1, -0.05) is 11.1 Å². The number of rotatable bonds is 4. The Labute approximate surface area is 162 Å². The third-order valence-corrected chi connectivity index (χ3v) is 5.16. The van der Waals surface area contributed by atoms with Gasteiger partial charge in [-0.05, 0) is 19.1 Å². The van der Waals surface area contributed by atoms with Crippen LogP contribution in [-0.4, -0.2) is 83.7 Å². The van der Waals surface area contributed by atoms with Gasteiger partial charge < -0.3 is 4.74 Å². The van der Waals surface area contributed by atoms with Crippen LogP contribution < -0.4 is 9.64 Å². The van der Waals surface area contributed by atoms with Crippen LogP contribution in [0.4, 0.5) is 10.5 Å². The molecule has 3 aliphatic heterocycles. The van der Waals surface area contributed by atoms with Crippen molar-refractivity contribution in [2.75, 3.05) is 38.7 Å². The van der Waals surface area contributed by atoms with Crippen molar-refractivity contribution in [1.29, 1.82) is 0 Å². The van der Waals surface area contributed by atoms with E-state index in [1.807, 2.05) is 33.7 Å². The van der Waals surface area contributed by atoms with Crippen molar-refractivity contribution >= 4 is 35.2 Å². The fourth-order valence-corrected chi connectivity index (χ4v) is 3.84. The van der Waals surface area contributed by atoms with E-state index in [4.69, 9.17) is 4.74 Å². The molecule has 0 saturated carbocycles. The third-order valence-electron chi connectivity index (χ3n) is 5.16. The first-order chi connectivity index (χ1) is 13.4. The van der Waals surface area contributed by atoms with Gasteiger partial charge in [-0.2, -0.15) is 0 Å². The Balaban J connectivity index is 1.75. The van der Waals surface area contributed by atoms with E-state index in [0.29, 0.717) is 18.3 Å². The Morgan fingerprint density at radius 3 is 2.86 bits per heavy atom. The van der Waals surface area contributed by atoms with Crippen LogP contribution in [0.5, 0.6) is 5.75 Å². The number of Topliss-reactive ketones (excluding diaryl/α,β-unsaturated/α-hetero) is 1. The predicted octanol–water partition coefficient (Wildman–Crippen LogP) is 0.538. The van der Waals surface area contributed by atoms with E-state index in [9.17, 15) is 14.4 Å². The molecule has 0 bridgehead atoms. The van der Waals surface area contributed by atoms with Crippen LogP contribution in [0.3, 0.4) is 0 Å². The Hall–Kier alpha value is -3.23. The second kappa shape index (κ2) is 6.74. The van der Waals surface area contributed by atoms with Gasteiger partial charge >= 0.3 is 12.0 Å². The van der Waals surface area contributed by atoms with Crippen LogP contribution >= 0.6 is 0 Å². The van der Waals surface area contributed by atoms with Crippen molar-refractivity contribution in [3.63, 3.8) is 0 Å². The van der Waals surface area contributed by atoms with E-state index >= 15 is 0 Å². The molecule has 1 aromatic carbocycles. The molecular weight excluding hydrogens is 362 g/mol. The maximum Gasteiger partial charge on any atom is 0.397 e. The molecule has 3 aliphatic rings. The summed E-state index contributed by atoms with van der Waals surface area (Å²) in [5, 5.41) is 0. The summed E-state index contributed by atoms with van der Waals surface area (Å²) in [6, 6.07) is 6.43. The molecule has 1 unspecified atom stereocenters. The van der Waals surface area contributed by atoms with Gasteiger partial charge in [0.25, 0.3) is 5.91 Å². The SMILES string of the molecule is COc1cccc(N2CCC[N+]3=C2N=C2C3C(=O)N(CC(C)=O)C(=O)N2C)c1.